The lowest BCUT2D eigenvalue weighted by Crippen LogP contribution is -2.40. The molecule has 6 nitrogen and oxygen atoms in total. The number of carboxylic acid groups (broad SMARTS) is 1. The van der Waals surface area contributed by atoms with Crippen molar-refractivity contribution >= 4 is 23.4 Å². The van der Waals surface area contributed by atoms with Crippen LogP contribution in [0.25, 0.3) is 0 Å². The Morgan fingerprint density at radius 1 is 1.33 bits per heavy atom. The first-order valence-electron chi connectivity index (χ1n) is 5.48. The van der Waals surface area contributed by atoms with Gasteiger partial charge in [-0.2, -0.15) is 0 Å². The van der Waals surface area contributed by atoms with Crippen molar-refractivity contribution < 1.29 is 14.7 Å². The number of anilines is 2. The van der Waals surface area contributed by atoms with E-state index < -0.39 is 18.0 Å². The summed E-state index contributed by atoms with van der Waals surface area (Å²) in [6.45, 7) is 1.40. The normalized spacial score (nSPS) is 11.5. The monoisotopic (exact) mass is 251 g/mol. The van der Waals surface area contributed by atoms with Crippen molar-refractivity contribution in [1.82, 2.24) is 5.32 Å². The van der Waals surface area contributed by atoms with Crippen molar-refractivity contribution in [2.45, 2.75) is 13.0 Å². The van der Waals surface area contributed by atoms with Crippen molar-refractivity contribution in [3.05, 3.63) is 24.3 Å². The largest absolute Gasteiger partial charge is 0.480 e. The van der Waals surface area contributed by atoms with Gasteiger partial charge < -0.3 is 20.6 Å². The first kappa shape index (κ1) is 13.8. The van der Waals surface area contributed by atoms with Gasteiger partial charge in [-0.05, 0) is 25.1 Å². The van der Waals surface area contributed by atoms with E-state index in [0.717, 1.165) is 5.69 Å². The molecule has 18 heavy (non-hydrogen) atoms. The van der Waals surface area contributed by atoms with E-state index in [4.69, 9.17) is 5.11 Å². The molecule has 1 aromatic rings. The van der Waals surface area contributed by atoms with Crippen LogP contribution in [-0.2, 0) is 4.79 Å². The zero-order valence-corrected chi connectivity index (χ0v) is 10.6. The zero-order valence-electron chi connectivity index (χ0n) is 10.6. The lowest BCUT2D eigenvalue weighted by molar-refractivity contribution is -0.138. The smallest absolute Gasteiger partial charge is 0.325 e. The Morgan fingerprint density at radius 2 is 2.00 bits per heavy atom. The highest BCUT2D eigenvalue weighted by Crippen LogP contribution is 2.16. The number of nitrogens with zero attached hydrogens (tertiary/aromatic N) is 1. The first-order valence-corrected chi connectivity index (χ1v) is 5.48. The lowest BCUT2D eigenvalue weighted by atomic mass is 10.2. The molecule has 0 radical (unpaired) electrons. The molecule has 0 fully saturated rings. The Labute approximate surface area is 106 Å². The van der Waals surface area contributed by atoms with Crippen LogP contribution in [0, 0.1) is 0 Å². The van der Waals surface area contributed by atoms with Gasteiger partial charge in [0.05, 0.1) is 0 Å². The van der Waals surface area contributed by atoms with Gasteiger partial charge in [-0.25, -0.2) is 4.79 Å². The summed E-state index contributed by atoms with van der Waals surface area (Å²) in [5, 5.41) is 13.6. The average Bonchev–Trinajstić information content (AvgIpc) is 2.28. The van der Waals surface area contributed by atoms with E-state index in [0.29, 0.717) is 5.69 Å². The molecule has 3 N–H and O–H groups in total. The summed E-state index contributed by atoms with van der Waals surface area (Å²) < 4.78 is 0. The molecule has 0 aliphatic rings. The highest BCUT2D eigenvalue weighted by molar-refractivity contribution is 5.92. The molecule has 0 spiro atoms. The molecule has 1 aromatic carbocycles. The molecule has 0 saturated carbocycles. The Hall–Kier alpha value is -2.24. The summed E-state index contributed by atoms with van der Waals surface area (Å²) in [5.74, 6) is -1.08. The number of benzene rings is 1. The minimum absolute atomic E-state index is 0.541. The van der Waals surface area contributed by atoms with Gasteiger partial charge in [-0.15, -0.1) is 0 Å². The molecule has 0 bridgehead atoms. The van der Waals surface area contributed by atoms with Crippen LogP contribution < -0.4 is 15.5 Å². The number of rotatable bonds is 4. The third-order valence-corrected chi connectivity index (χ3v) is 2.34. The number of aliphatic carboxylic acids is 1. The maximum atomic E-state index is 11.5. The Morgan fingerprint density at radius 3 is 2.56 bits per heavy atom. The molecule has 0 heterocycles. The quantitative estimate of drug-likeness (QED) is 0.754. The topological polar surface area (TPSA) is 81.7 Å². The second kappa shape index (κ2) is 5.90. The summed E-state index contributed by atoms with van der Waals surface area (Å²) in [6, 6.07) is 5.78. The van der Waals surface area contributed by atoms with Crippen LogP contribution in [-0.4, -0.2) is 37.2 Å². The Kier molecular flexibility index (Phi) is 4.53. The van der Waals surface area contributed by atoms with Crippen molar-refractivity contribution in [2.24, 2.45) is 0 Å². The van der Waals surface area contributed by atoms with Crippen LogP contribution in [0.2, 0.25) is 0 Å². The van der Waals surface area contributed by atoms with Gasteiger partial charge in [-0.3, -0.25) is 4.79 Å². The van der Waals surface area contributed by atoms with Crippen LogP contribution in [0.15, 0.2) is 24.3 Å². The van der Waals surface area contributed by atoms with E-state index in [9.17, 15) is 9.59 Å². The van der Waals surface area contributed by atoms with Gasteiger partial charge in [0.15, 0.2) is 0 Å². The second-order valence-corrected chi connectivity index (χ2v) is 4.10. The molecule has 0 aliphatic heterocycles. The van der Waals surface area contributed by atoms with Crippen molar-refractivity contribution in [3.8, 4) is 0 Å². The molecule has 0 saturated heterocycles. The number of hydrogen-bond donors (Lipinski definition) is 3. The number of carboxylic acids is 1. The summed E-state index contributed by atoms with van der Waals surface area (Å²) in [6.07, 6.45) is 0. The van der Waals surface area contributed by atoms with Gasteiger partial charge in [0, 0.05) is 25.5 Å². The second-order valence-electron chi connectivity index (χ2n) is 4.10. The fraction of sp³-hybridized carbons (Fsp3) is 0.333. The third kappa shape index (κ3) is 3.97. The van der Waals surface area contributed by atoms with Gasteiger partial charge in [-0.1, -0.05) is 6.07 Å². The molecule has 0 aliphatic carbocycles. The molecule has 2 amide bonds. The van der Waals surface area contributed by atoms with Crippen molar-refractivity contribution in [1.29, 1.82) is 0 Å². The fourth-order valence-corrected chi connectivity index (χ4v) is 1.29. The van der Waals surface area contributed by atoms with Crippen LogP contribution in [0.1, 0.15) is 6.92 Å². The summed E-state index contributed by atoms with van der Waals surface area (Å²) >= 11 is 0. The number of urea groups is 1. The number of carbonyl (C=O) groups excluding carboxylic acids is 1. The van der Waals surface area contributed by atoms with Crippen LogP contribution in [0.3, 0.4) is 0 Å². The van der Waals surface area contributed by atoms with E-state index >= 15 is 0 Å². The van der Waals surface area contributed by atoms with Crippen molar-refractivity contribution in [3.63, 3.8) is 0 Å². The molecular weight excluding hydrogens is 234 g/mol. The van der Waals surface area contributed by atoms with E-state index in [1.54, 1.807) is 12.1 Å². The van der Waals surface area contributed by atoms with Crippen molar-refractivity contribution in [2.75, 3.05) is 24.3 Å². The highest BCUT2D eigenvalue weighted by atomic mass is 16.4. The molecule has 1 rings (SSSR count). The molecular formula is C12H17N3O3. The zero-order chi connectivity index (χ0) is 13.7. The number of carbonyl (C=O) groups is 2. The summed E-state index contributed by atoms with van der Waals surface area (Å²) in [7, 11) is 3.79. The Bertz CT molecular complexity index is 446. The van der Waals surface area contributed by atoms with E-state index in [2.05, 4.69) is 10.6 Å². The SMILES string of the molecule is C[C@H](NC(=O)Nc1cccc(N(C)C)c1)C(=O)O. The van der Waals surface area contributed by atoms with Crippen LogP contribution >= 0.6 is 0 Å². The molecule has 1 atom stereocenters. The lowest BCUT2D eigenvalue weighted by Gasteiger charge is -2.15. The first-order chi connectivity index (χ1) is 8.40. The summed E-state index contributed by atoms with van der Waals surface area (Å²) in [4.78, 5) is 24.0. The third-order valence-electron chi connectivity index (χ3n) is 2.34. The van der Waals surface area contributed by atoms with E-state index in [1.807, 2.05) is 31.1 Å². The fourth-order valence-electron chi connectivity index (χ4n) is 1.29. The van der Waals surface area contributed by atoms with Gasteiger partial charge in [0.1, 0.15) is 6.04 Å². The molecule has 0 aromatic heterocycles. The molecule has 98 valence electrons. The number of amides is 2. The number of nitrogens with one attached hydrogen (secondary N) is 2. The molecule has 0 unspecified atom stereocenters. The van der Waals surface area contributed by atoms with Gasteiger partial charge in [0.25, 0.3) is 0 Å². The van der Waals surface area contributed by atoms with E-state index in [1.165, 1.54) is 6.92 Å². The van der Waals surface area contributed by atoms with Gasteiger partial charge in [0.2, 0.25) is 0 Å². The maximum Gasteiger partial charge on any atom is 0.325 e. The minimum Gasteiger partial charge on any atom is -0.480 e. The standard InChI is InChI=1S/C12H17N3O3/c1-8(11(16)17)13-12(18)14-9-5-4-6-10(7-9)15(2)3/h4-8H,1-3H3,(H,16,17)(H2,13,14,18)/t8-/m0/s1. The average molecular weight is 251 g/mol. The molecule has 6 heteroatoms. The predicted octanol–water partition coefficient (Wildman–Crippen LogP) is 1.35. The maximum absolute atomic E-state index is 11.5. The van der Waals surface area contributed by atoms with Crippen LogP contribution in [0.4, 0.5) is 16.2 Å². The highest BCUT2D eigenvalue weighted by Gasteiger charge is 2.13. The minimum atomic E-state index is -1.08. The number of hydrogen-bond acceptors (Lipinski definition) is 3. The van der Waals surface area contributed by atoms with Crippen LogP contribution in [0.5, 0.6) is 0 Å². The van der Waals surface area contributed by atoms with Gasteiger partial charge >= 0.3 is 12.0 Å². The predicted molar refractivity (Wildman–Crippen MR) is 70.0 cm³/mol. The summed E-state index contributed by atoms with van der Waals surface area (Å²) in [5.41, 5.74) is 1.55. The Balaban J connectivity index is 2.64. The van der Waals surface area contributed by atoms with E-state index in [-0.39, 0.29) is 0 Å².